The van der Waals surface area contributed by atoms with Crippen LogP contribution in [0.3, 0.4) is 0 Å². The summed E-state index contributed by atoms with van der Waals surface area (Å²) in [6.07, 6.45) is 0. The van der Waals surface area contributed by atoms with Crippen molar-refractivity contribution in [1.29, 1.82) is 0 Å². The molecular formula is C8H10FN2-. The second-order valence-corrected chi connectivity index (χ2v) is 2.40. The first kappa shape index (κ1) is 7.85. The van der Waals surface area contributed by atoms with Crippen LogP contribution in [0.2, 0.25) is 0 Å². The van der Waals surface area contributed by atoms with Crippen LogP contribution >= 0.6 is 0 Å². The predicted molar refractivity (Wildman–Crippen MR) is 44.5 cm³/mol. The summed E-state index contributed by atoms with van der Waals surface area (Å²) in [5.41, 5.74) is 6.86. The first-order valence-corrected chi connectivity index (χ1v) is 3.30. The van der Waals surface area contributed by atoms with Crippen molar-refractivity contribution in [2.75, 3.05) is 12.8 Å². The Hall–Kier alpha value is -1.25. The molecule has 0 aromatic heterocycles. The number of nitrogen functional groups attached to an aromatic ring is 1. The van der Waals surface area contributed by atoms with E-state index in [1.54, 1.807) is 20.0 Å². The first-order chi connectivity index (χ1) is 5.15. The molecule has 0 heterocycles. The van der Waals surface area contributed by atoms with Gasteiger partial charge in [0.2, 0.25) is 0 Å². The third-order valence-electron chi connectivity index (χ3n) is 1.49. The lowest BCUT2D eigenvalue weighted by Gasteiger charge is -2.17. The van der Waals surface area contributed by atoms with Gasteiger partial charge < -0.3 is 11.1 Å². The third kappa shape index (κ3) is 1.42. The summed E-state index contributed by atoms with van der Waals surface area (Å²) in [7, 11) is 1.59. The van der Waals surface area contributed by atoms with E-state index in [4.69, 9.17) is 5.73 Å². The zero-order valence-corrected chi connectivity index (χ0v) is 6.56. The molecule has 0 radical (unpaired) electrons. The average Bonchev–Trinajstić information content (AvgIpc) is 1.96. The maximum atomic E-state index is 12.8. The fourth-order valence-electron chi connectivity index (χ4n) is 0.920. The minimum atomic E-state index is -0.398. The fraction of sp³-hybridized carbons (Fsp3) is 0.250. The van der Waals surface area contributed by atoms with Crippen LogP contribution in [0.5, 0.6) is 0 Å². The van der Waals surface area contributed by atoms with Gasteiger partial charge in [0, 0.05) is 0 Å². The fourth-order valence-corrected chi connectivity index (χ4v) is 0.920. The lowest BCUT2D eigenvalue weighted by Crippen LogP contribution is -1.92. The number of nitrogens with two attached hydrogens (primary N) is 1. The van der Waals surface area contributed by atoms with Crippen molar-refractivity contribution in [1.82, 2.24) is 0 Å². The molecule has 0 aliphatic heterocycles. The maximum absolute atomic E-state index is 12.8. The molecule has 0 aliphatic rings. The van der Waals surface area contributed by atoms with Crippen molar-refractivity contribution in [2.24, 2.45) is 0 Å². The Labute approximate surface area is 65.2 Å². The van der Waals surface area contributed by atoms with Crippen LogP contribution < -0.4 is 5.73 Å². The van der Waals surface area contributed by atoms with E-state index < -0.39 is 5.82 Å². The van der Waals surface area contributed by atoms with Gasteiger partial charge in [-0.15, -0.1) is 12.7 Å². The van der Waals surface area contributed by atoms with Crippen molar-refractivity contribution in [2.45, 2.75) is 6.92 Å². The van der Waals surface area contributed by atoms with Gasteiger partial charge >= 0.3 is 0 Å². The average molecular weight is 153 g/mol. The SMILES string of the molecule is C[N-]c1cc(C)cc(F)c1N. The molecule has 0 bridgehead atoms. The first-order valence-electron chi connectivity index (χ1n) is 3.30. The predicted octanol–water partition coefficient (Wildman–Crippen LogP) is 2.35. The van der Waals surface area contributed by atoms with Crippen LogP contribution in [0.1, 0.15) is 5.56 Å². The molecular weight excluding hydrogens is 143 g/mol. The lowest BCUT2D eigenvalue weighted by molar-refractivity contribution is 0.632. The summed E-state index contributed by atoms with van der Waals surface area (Å²) in [4.78, 5) is 0. The number of anilines is 1. The van der Waals surface area contributed by atoms with Crippen molar-refractivity contribution in [3.63, 3.8) is 0 Å². The van der Waals surface area contributed by atoms with Gasteiger partial charge in [0.15, 0.2) is 0 Å². The number of aryl methyl sites for hydroxylation is 1. The molecule has 1 aromatic rings. The standard InChI is InChI=1S/C8H10FN2/c1-5-3-6(9)8(10)7(4-5)11-2/h3-4H,10H2,1-2H3/q-1. The van der Waals surface area contributed by atoms with E-state index in [9.17, 15) is 4.39 Å². The van der Waals surface area contributed by atoms with Crippen LogP contribution in [0.25, 0.3) is 5.32 Å². The number of hydrogen-bond donors (Lipinski definition) is 1. The number of nitrogens with zero attached hydrogens (tertiary/aromatic N) is 1. The van der Waals surface area contributed by atoms with Crippen molar-refractivity contribution in [3.05, 3.63) is 28.8 Å². The molecule has 0 fully saturated rings. The van der Waals surface area contributed by atoms with Gasteiger partial charge in [0.05, 0.1) is 5.69 Å². The second-order valence-electron chi connectivity index (χ2n) is 2.40. The van der Waals surface area contributed by atoms with E-state index in [0.717, 1.165) is 5.56 Å². The summed E-state index contributed by atoms with van der Waals surface area (Å²) in [5.74, 6) is -0.398. The smallest absolute Gasteiger partial charge is 0.145 e. The molecule has 0 aliphatic carbocycles. The zero-order chi connectivity index (χ0) is 8.43. The van der Waals surface area contributed by atoms with E-state index in [1.165, 1.54) is 6.07 Å². The molecule has 3 heteroatoms. The van der Waals surface area contributed by atoms with Crippen LogP contribution in [0.4, 0.5) is 15.8 Å². The van der Waals surface area contributed by atoms with Gasteiger partial charge in [0.1, 0.15) is 5.82 Å². The minimum absolute atomic E-state index is 0.123. The Morgan fingerprint density at radius 3 is 2.64 bits per heavy atom. The lowest BCUT2D eigenvalue weighted by atomic mass is 10.2. The highest BCUT2D eigenvalue weighted by Gasteiger charge is 1.98. The molecule has 2 N–H and O–H groups in total. The van der Waals surface area contributed by atoms with Crippen LogP contribution in [0, 0.1) is 12.7 Å². The molecule has 0 unspecified atom stereocenters. The van der Waals surface area contributed by atoms with Gasteiger partial charge in [-0.05, 0) is 18.6 Å². The highest BCUT2D eigenvalue weighted by atomic mass is 19.1. The monoisotopic (exact) mass is 153 g/mol. The van der Waals surface area contributed by atoms with Gasteiger partial charge in [-0.1, -0.05) is 6.07 Å². The largest absolute Gasteiger partial charge is 0.685 e. The van der Waals surface area contributed by atoms with E-state index in [2.05, 4.69) is 5.32 Å². The van der Waals surface area contributed by atoms with Crippen molar-refractivity contribution >= 4 is 11.4 Å². The second kappa shape index (κ2) is 2.78. The Balaban J connectivity index is 3.24. The molecule has 0 atom stereocenters. The van der Waals surface area contributed by atoms with Crippen LogP contribution in [-0.4, -0.2) is 7.05 Å². The van der Waals surface area contributed by atoms with Gasteiger partial charge in [-0.25, -0.2) is 4.39 Å². The molecule has 0 spiro atoms. The number of rotatable bonds is 1. The molecule has 0 saturated carbocycles. The maximum Gasteiger partial charge on any atom is 0.145 e. The summed E-state index contributed by atoms with van der Waals surface area (Å²) in [6, 6.07) is 3.14. The van der Waals surface area contributed by atoms with Gasteiger partial charge in [-0.2, -0.15) is 0 Å². The summed E-state index contributed by atoms with van der Waals surface area (Å²) >= 11 is 0. The topological polar surface area (TPSA) is 40.1 Å². The molecule has 0 saturated heterocycles. The normalized spacial score (nSPS) is 9.73. The highest BCUT2D eigenvalue weighted by molar-refractivity contribution is 5.70. The van der Waals surface area contributed by atoms with E-state index in [1.807, 2.05) is 0 Å². The minimum Gasteiger partial charge on any atom is -0.685 e. The summed E-state index contributed by atoms with van der Waals surface area (Å²) in [6.45, 7) is 1.80. The van der Waals surface area contributed by atoms with Crippen LogP contribution in [0.15, 0.2) is 12.1 Å². The van der Waals surface area contributed by atoms with Crippen molar-refractivity contribution in [3.8, 4) is 0 Å². The molecule has 60 valence electrons. The highest BCUT2D eigenvalue weighted by Crippen LogP contribution is 2.28. The molecule has 0 amide bonds. The zero-order valence-electron chi connectivity index (χ0n) is 6.56. The molecule has 11 heavy (non-hydrogen) atoms. The molecule has 2 nitrogen and oxygen atoms in total. The van der Waals surface area contributed by atoms with Gasteiger partial charge in [-0.3, -0.25) is 0 Å². The van der Waals surface area contributed by atoms with Gasteiger partial charge in [0.25, 0.3) is 0 Å². The Bertz CT molecular complexity index is 271. The number of benzene rings is 1. The summed E-state index contributed by atoms with van der Waals surface area (Å²) in [5, 5.41) is 3.83. The van der Waals surface area contributed by atoms with E-state index >= 15 is 0 Å². The van der Waals surface area contributed by atoms with E-state index in [-0.39, 0.29) is 5.69 Å². The number of halogens is 1. The summed E-state index contributed by atoms with van der Waals surface area (Å²) < 4.78 is 12.8. The number of hydrogen-bond acceptors (Lipinski definition) is 1. The Kier molecular flexibility index (Phi) is 1.98. The molecule has 1 rings (SSSR count). The molecule has 1 aromatic carbocycles. The Morgan fingerprint density at radius 2 is 2.09 bits per heavy atom. The van der Waals surface area contributed by atoms with Crippen LogP contribution in [-0.2, 0) is 0 Å². The quantitative estimate of drug-likeness (QED) is 0.618. The van der Waals surface area contributed by atoms with Crippen molar-refractivity contribution < 1.29 is 4.39 Å². The third-order valence-corrected chi connectivity index (χ3v) is 1.49. The van der Waals surface area contributed by atoms with E-state index in [0.29, 0.717) is 5.69 Å². The Morgan fingerprint density at radius 1 is 1.45 bits per heavy atom.